The van der Waals surface area contributed by atoms with E-state index in [1.54, 1.807) is 0 Å². The fourth-order valence-corrected chi connectivity index (χ4v) is 0.872. The van der Waals surface area contributed by atoms with Gasteiger partial charge in [0, 0.05) is 12.0 Å². The number of carboxylic acids is 1. The number of hydrogen-bond acceptors (Lipinski definition) is 3. The molecule has 0 aliphatic rings. The van der Waals surface area contributed by atoms with Gasteiger partial charge in [0.2, 0.25) is 5.91 Å². The predicted molar refractivity (Wildman–Crippen MR) is 52.7 cm³/mol. The molecule has 0 bridgehead atoms. The number of carboxylic acid groups (broad SMARTS) is 1. The summed E-state index contributed by atoms with van der Waals surface area (Å²) in [6, 6.07) is -0.745. The van der Waals surface area contributed by atoms with Gasteiger partial charge >= 0.3 is 5.97 Å². The number of amides is 1. The van der Waals surface area contributed by atoms with E-state index < -0.39 is 12.0 Å². The van der Waals surface area contributed by atoms with Gasteiger partial charge in [-0.3, -0.25) is 9.59 Å². The molecule has 5 heteroatoms. The van der Waals surface area contributed by atoms with E-state index >= 15 is 0 Å². The molecular weight excluding hydrogens is 184 g/mol. The number of hydrogen-bond donors (Lipinski definition) is 3. The predicted octanol–water partition coefficient (Wildman–Crippen LogP) is 0.0932. The molecule has 0 saturated heterocycles. The van der Waals surface area contributed by atoms with Crippen molar-refractivity contribution in [2.75, 3.05) is 0 Å². The molecule has 0 radical (unpaired) electrons. The van der Waals surface area contributed by atoms with Crippen LogP contribution in [0, 0.1) is 0 Å². The molecule has 14 heavy (non-hydrogen) atoms. The molecule has 5 nitrogen and oxygen atoms in total. The van der Waals surface area contributed by atoms with E-state index in [9.17, 15) is 9.59 Å². The number of rotatable bonds is 4. The van der Waals surface area contributed by atoms with Crippen LogP contribution < -0.4 is 11.1 Å². The number of nitrogens with two attached hydrogens (primary N) is 1. The lowest BCUT2D eigenvalue weighted by Crippen LogP contribution is -2.49. The first-order valence-corrected chi connectivity index (χ1v) is 4.52. The largest absolute Gasteiger partial charge is 0.481 e. The second-order valence-electron chi connectivity index (χ2n) is 4.28. The zero-order chi connectivity index (χ0) is 11.4. The summed E-state index contributed by atoms with van der Waals surface area (Å²) in [5.74, 6) is -1.25. The SMILES string of the molecule is CC(C)(C)NC(=O)C(N)CCC(=O)O. The van der Waals surface area contributed by atoms with Crippen LogP contribution >= 0.6 is 0 Å². The summed E-state index contributed by atoms with van der Waals surface area (Å²) in [7, 11) is 0. The topological polar surface area (TPSA) is 92.4 Å². The maximum Gasteiger partial charge on any atom is 0.303 e. The van der Waals surface area contributed by atoms with Crippen LogP contribution in [0.1, 0.15) is 33.6 Å². The van der Waals surface area contributed by atoms with Crippen molar-refractivity contribution in [1.82, 2.24) is 5.32 Å². The molecule has 1 unspecified atom stereocenters. The minimum Gasteiger partial charge on any atom is -0.481 e. The van der Waals surface area contributed by atoms with Gasteiger partial charge in [0.05, 0.1) is 6.04 Å². The fraction of sp³-hybridized carbons (Fsp3) is 0.778. The van der Waals surface area contributed by atoms with E-state index in [1.807, 2.05) is 20.8 Å². The van der Waals surface area contributed by atoms with Crippen LogP contribution in [0.25, 0.3) is 0 Å². The Morgan fingerprint density at radius 1 is 1.43 bits per heavy atom. The Bertz CT molecular complexity index is 221. The second kappa shape index (κ2) is 4.95. The lowest BCUT2D eigenvalue weighted by molar-refractivity contribution is -0.137. The summed E-state index contributed by atoms with van der Waals surface area (Å²) < 4.78 is 0. The van der Waals surface area contributed by atoms with Crippen molar-refractivity contribution in [1.29, 1.82) is 0 Å². The van der Waals surface area contributed by atoms with Crippen molar-refractivity contribution < 1.29 is 14.7 Å². The van der Waals surface area contributed by atoms with Gasteiger partial charge in [-0.05, 0) is 27.2 Å². The number of aliphatic carboxylic acids is 1. The van der Waals surface area contributed by atoms with Gasteiger partial charge in [0.1, 0.15) is 0 Å². The maximum atomic E-state index is 11.3. The zero-order valence-corrected chi connectivity index (χ0v) is 8.83. The Kier molecular flexibility index (Phi) is 4.56. The fourth-order valence-electron chi connectivity index (χ4n) is 0.872. The van der Waals surface area contributed by atoms with Crippen LogP contribution in [0.15, 0.2) is 0 Å². The van der Waals surface area contributed by atoms with Gasteiger partial charge in [0.25, 0.3) is 0 Å². The van der Waals surface area contributed by atoms with E-state index in [0.717, 1.165) is 0 Å². The molecule has 1 amide bonds. The van der Waals surface area contributed by atoms with Crippen LogP contribution in [0.5, 0.6) is 0 Å². The molecule has 0 aromatic carbocycles. The third-order valence-corrected chi connectivity index (χ3v) is 1.50. The van der Waals surface area contributed by atoms with Crippen LogP contribution in [-0.2, 0) is 9.59 Å². The number of carbonyl (C=O) groups excluding carboxylic acids is 1. The lowest BCUT2D eigenvalue weighted by atomic mass is 10.1. The highest BCUT2D eigenvalue weighted by atomic mass is 16.4. The maximum absolute atomic E-state index is 11.3. The summed E-state index contributed by atoms with van der Waals surface area (Å²) in [6.07, 6.45) is 0.0793. The Morgan fingerprint density at radius 2 is 1.93 bits per heavy atom. The van der Waals surface area contributed by atoms with Crippen molar-refractivity contribution in [2.45, 2.75) is 45.2 Å². The highest BCUT2D eigenvalue weighted by molar-refractivity contribution is 5.82. The third-order valence-electron chi connectivity index (χ3n) is 1.50. The first-order chi connectivity index (χ1) is 6.22. The molecule has 0 spiro atoms. The molecule has 0 aromatic heterocycles. The minimum atomic E-state index is -0.941. The van der Waals surface area contributed by atoms with Gasteiger partial charge in [-0.25, -0.2) is 0 Å². The lowest BCUT2D eigenvalue weighted by Gasteiger charge is -2.22. The van der Waals surface area contributed by atoms with Gasteiger partial charge < -0.3 is 16.2 Å². The van der Waals surface area contributed by atoms with Crippen LogP contribution in [0.2, 0.25) is 0 Å². The van der Waals surface area contributed by atoms with Gasteiger partial charge in [-0.15, -0.1) is 0 Å². The molecule has 0 aromatic rings. The third kappa shape index (κ3) is 6.42. The van der Waals surface area contributed by atoms with Crippen molar-refractivity contribution >= 4 is 11.9 Å². The molecule has 0 aliphatic heterocycles. The molecule has 0 heterocycles. The molecule has 4 N–H and O–H groups in total. The van der Waals surface area contributed by atoms with E-state index in [4.69, 9.17) is 10.8 Å². The standard InChI is InChI=1S/C9H18N2O3/c1-9(2,3)11-8(14)6(10)4-5-7(12)13/h6H,4-5,10H2,1-3H3,(H,11,14)(H,12,13). The van der Waals surface area contributed by atoms with Gasteiger partial charge in [-0.1, -0.05) is 0 Å². The highest BCUT2D eigenvalue weighted by Crippen LogP contribution is 2.01. The summed E-state index contributed by atoms with van der Waals surface area (Å²) in [4.78, 5) is 21.6. The molecule has 0 saturated carbocycles. The van der Waals surface area contributed by atoms with Gasteiger partial charge in [0.15, 0.2) is 0 Å². The number of nitrogens with one attached hydrogen (secondary N) is 1. The normalized spacial score (nSPS) is 13.4. The number of carbonyl (C=O) groups is 2. The van der Waals surface area contributed by atoms with E-state index in [2.05, 4.69) is 5.32 Å². The molecule has 82 valence electrons. The van der Waals surface area contributed by atoms with E-state index in [-0.39, 0.29) is 24.3 Å². The Hall–Kier alpha value is -1.10. The monoisotopic (exact) mass is 202 g/mol. The molecule has 0 aliphatic carbocycles. The smallest absolute Gasteiger partial charge is 0.303 e. The molecular formula is C9H18N2O3. The Morgan fingerprint density at radius 3 is 2.29 bits per heavy atom. The zero-order valence-electron chi connectivity index (χ0n) is 8.83. The van der Waals surface area contributed by atoms with Gasteiger partial charge in [-0.2, -0.15) is 0 Å². The first-order valence-electron chi connectivity index (χ1n) is 4.52. The molecule has 0 fully saturated rings. The van der Waals surface area contributed by atoms with E-state index in [1.165, 1.54) is 0 Å². The van der Waals surface area contributed by atoms with Crippen LogP contribution in [0.4, 0.5) is 0 Å². The minimum absolute atomic E-state index is 0.0846. The Balaban J connectivity index is 3.94. The van der Waals surface area contributed by atoms with Crippen LogP contribution in [0.3, 0.4) is 0 Å². The molecule has 1 atom stereocenters. The quantitative estimate of drug-likeness (QED) is 0.602. The summed E-state index contributed by atoms with van der Waals surface area (Å²) in [5.41, 5.74) is 5.16. The van der Waals surface area contributed by atoms with Crippen molar-refractivity contribution in [2.24, 2.45) is 5.73 Å². The highest BCUT2D eigenvalue weighted by Gasteiger charge is 2.19. The Labute approximate surface area is 83.7 Å². The van der Waals surface area contributed by atoms with Crippen molar-refractivity contribution in [3.8, 4) is 0 Å². The van der Waals surface area contributed by atoms with E-state index in [0.29, 0.717) is 0 Å². The second-order valence-corrected chi connectivity index (χ2v) is 4.28. The van der Waals surface area contributed by atoms with Crippen LogP contribution in [-0.4, -0.2) is 28.6 Å². The average Bonchev–Trinajstić information content (AvgIpc) is 1.96. The average molecular weight is 202 g/mol. The first kappa shape index (κ1) is 12.9. The van der Waals surface area contributed by atoms with Crippen molar-refractivity contribution in [3.63, 3.8) is 0 Å². The summed E-state index contributed by atoms with van der Waals surface area (Å²) >= 11 is 0. The summed E-state index contributed by atoms with van der Waals surface area (Å²) in [6.45, 7) is 5.53. The molecule has 0 rings (SSSR count). The summed E-state index contributed by atoms with van der Waals surface area (Å²) in [5, 5.41) is 11.1. The van der Waals surface area contributed by atoms with Crippen molar-refractivity contribution in [3.05, 3.63) is 0 Å².